The minimum absolute atomic E-state index is 0.0709. The summed E-state index contributed by atoms with van der Waals surface area (Å²) in [5.41, 5.74) is 0. The van der Waals surface area contributed by atoms with Gasteiger partial charge in [0.1, 0.15) is 12.7 Å². The zero-order valence-corrected chi connectivity index (χ0v) is 24.8. The van der Waals surface area contributed by atoms with Crippen molar-refractivity contribution in [3.8, 4) is 0 Å². The van der Waals surface area contributed by atoms with Crippen molar-refractivity contribution in [2.75, 3.05) is 32.0 Å². The maximum Gasteiger partial charge on any atom is 0.387 e. The molecule has 1 heterocycles. The SMILES string of the molecule is CCCCCCCC/C=C\CCCCCCCC(=O)OCC1CSP(=O)(O)O1.CCN(CC)CC. The van der Waals surface area contributed by atoms with Crippen LogP contribution in [0.5, 0.6) is 0 Å². The fourth-order valence-corrected chi connectivity index (χ4v) is 6.58. The fourth-order valence-electron chi connectivity index (χ4n) is 3.77. The Balaban J connectivity index is 0.00000143. The van der Waals surface area contributed by atoms with Crippen molar-refractivity contribution in [3.63, 3.8) is 0 Å². The molecular weight excluding hydrogens is 481 g/mol. The molecule has 1 aliphatic heterocycles. The monoisotopic (exact) mass is 535 g/mol. The van der Waals surface area contributed by atoms with E-state index in [-0.39, 0.29) is 12.6 Å². The van der Waals surface area contributed by atoms with Gasteiger partial charge >= 0.3 is 12.8 Å². The predicted octanol–water partition coefficient (Wildman–Crippen LogP) is 8.15. The second kappa shape index (κ2) is 24.0. The zero-order chi connectivity index (χ0) is 26.2. The van der Waals surface area contributed by atoms with Crippen molar-refractivity contribution in [2.45, 2.75) is 124 Å². The van der Waals surface area contributed by atoms with Crippen LogP contribution in [0, 0.1) is 0 Å². The lowest BCUT2D eigenvalue weighted by atomic mass is 10.1. The first-order valence-electron chi connectivity index (χ1n) is 14.1. The van der Waals surface area contributed by atoms with Crippen molar-refractivity contribution < 1.29 is 23.5 Å². The van der Waals surface area contributed by atoms with E-state index in [9.17, 15) is 14.3 Å². The summed E-state index contributed by atoms with van der Waals surface area (Å²) in [4.78, 5) is 23.3. The van der Waals surface area contributed by atoms with Crippen LogP contribution in [-0.4, -0.2) is 53.9 Å². The van der Waals surface area contributed by atoms with Gasteiger partial charge < -0.3 is 14.5 Å². The summed E-state index contributed by atoms with van der Waals surface area (Å²) in [6.07, 6.45) is 20.6. The molecule has 0 radical (unpaired) electrons. The summed E-state index contributed by atoms with van der Waals surface area (Å²) in [5, 5.41) is 0. The highest BCUT2D eigenvalue weighted by Gasteiger charge is 2.35. The highest BCUT2D eigenvalue weighted by Crippen LogP contribution is 2.61. The molecule has 6 nitrogen and oxygen atoms in total. The van der Waals surface area contributed by atoms with E-state index in [4.69, 9.17) is 9.26 Å². The second-order valence-electron chi connectivity index (χ2n) is 9.13. The topological polar surface area (TPSA) is 76.1 Å². The van der Waals surface area contributed by atoms with Gasteiger partial charge in [-0.15, -0.1) is 0 Å². The standard InChI is InChI=1S/C21H39O5PS.C6H15N/c1-2-3-4-5-6-7-8-9-10-11-12-13-14-15-16-17-21(22)25-18-20-19-28-27(23,24)26-20;1-4-7(5-2)6-3/h9-10,20H,2-8,11-19H2,1H3,(H,23,24);4-6H2,1-3H3/b10-9-;. The van der Waals surface area contributed by atoms with Gasteiger partial charge in [-0.25, -0.2) is 4.57 Å². The number of nitrogens with zero attached hydrogens (tertiary/aromatic N) is 1. The molecule has 0 aliphatic carbocycles. The number of hydrogen-bond donors (Lipinski definition) is 1. The van der Waals surface area contributed by atoms with Crippen LogP contribution in [-0.2, 0) is 18.6 Å². The molecule has 35 heavy (non-hydrogen) atoms. The molecule has 0 bridgehead atoms. The highest BCUT2D eigenvalue weighted by molar-refractivity contribution is 8.55. The third kappa shape index (κ3) is 22.6. The maximum atomic E-state index is 11.7. The molecule has 1 fully saturated rings. The number of carbonyl (C=O) groups is 1. The molecular formula is C27H54NO5PS. The minimum atomic E-state index is -3.49. The van der Waals surface area contributed by atoms with Crippen LogP contribution in [0.4, 0.5) is 0 Å². The largest absolute Gasteiger partial charge is 0.463 e. The molecule has 0 aromatic heterocycles. The van der Waals surface area contributed by atoms with Gasteiger partial charge in [0.2, 0.25) is 0 Å². The summed E-state index contributed by atoms with van der Waals surface area (Å²) >= 11 is 0.892. The molecule has 0 aromatic carbocycles. The predicted molar refractivity (Wildman–Crippen MR) is 151 cm³/mol. The van der Waals surface area contributed by atoms with Crippen LogP contribution in [0.15, 0.2) is 12.2 Å². The van der Waals surface area contributed by atoms with Gasteiger partial charge in [0.15, 0.2) is 0 Å². The lowest BCUT2D eigenvalue weighted by Crippen LogP contribution is -2.21. The highest BCUT2D eigenvalue weighted by atomic mass is 32.7. The summed E-state index contributed by atoms with van der Waals surface area (Å²) in [6, 6.07) is 0. The first-order valence-corrected chi connectivity index (χ1v) is 17.2. The third-order valence-corrected chi connectivity index (χ3v) is 9.22. The number of carbonyl (C=O) groups excluding carboxylic acids is 1. The Morgan fingerprint density at radius 1 is 0.914 bits per heavy atom. The zero-order valence-electron chi connectivity index (χ0n) is 23.0. The average molecular weight is 536 g/mol. The molecule has 2 unspecified atom stereocenters. The number of ether oxygens (including phenoxy) is 1. The summed E-state index contributed by atoms with van der Waals surface area (Å²) < 4.78 is 21.3. The van der Waals surface area contributed by atoms with Gasteiger partial charge in [0, 0.05) is 12.2 Å². The first kappa shape index (κ1) is 34.7. The van der Waals surface area contributed by atoms with Crippen LogP contribution in [0.3, 0.4) is 0 Å². The first-order chi connectivity index (χ1) is 16.9. The van der Waals surface area contributed by atoms with E-state index in [1.165, 1.54) is 77.4 Å². The quantitative estimate of drug-likeness (QED) is 0.0729. The number of hydrogen-bond acceptors (Lipinski definition) is 6. The van der Waals surface area contributed by atoms with Crippen molar-refractivity contribution in [1.82, 2.24) is 4.90 Å². The Morgan fingerprint density at radius 2 is 1.43 bits per heavy atom. The normalized spacial score (nSPS) is 19.8. The van der Waals surface area contributed by atoms with Crippen LogP contribution in [0.2, 0.25) is 0 Å². The van der Waals surface area contributed by atoms with Gasteiger partial charge in [0.25, 0.3) is 0 Å². The lowest BCUT2D eigenvalue weighted by Gasteiger charge is -2.13. The van der Waals surface area contributed by atoms with Crippen LogP contribution < -0.4 is 0 Å². The Hall–Kier alpha value is -0.330. The van der Waals surface area contributed by atoms with Gasteiger partial charge in [0.05, 0.1) is 0 Å². The molecule has 0 amide bonds. The van der Waals surface area contributed by atoms with E-state index in [2.05, 4.69) is 44.7 Å². The number of unbranched alkanes of at least 4 members (excludes halogenated alkanes) is 11. The number of esters is 1. The maximum absolute atomic E-state index is 11.7. The van der Waals surface area contributed by atoms with Crippen LogP contribution in [0.25, 0.3) is 0 Å². The average Bonchev–Trinajstić information content (AvgIpc) is 3.20. The molecule has 2 atom stereocenters. The van der Waals surface area contributed by atoms with Crippen molar-refractivity contribution in [2.24, 2.45) is 0 Å². The van der Waals surface area contributed by atoms with Gasteiger partial charge in [-0.1, -0.05) is 91.2 Å². The molecule has 0 aromatic rings. The molecule has 0 saturated carbocycles. The second-order valence-corrected chi connectivity index (χ2v) is 13.0. The van der Waals surface area contributed by atoms with E-state index in [0.29, 0.717) is 12.2 Å². The van der Waals surface area contributed by atoms with Gasteiger partial charge in [-0.05, 0) is 63.1 Å². The molecule has 1 N–H and O–H groups in total. The Kier molecular flexibility index (Phi) is 23.8. The van der Waals surface area contributed by atoms with E-state index >= 15 is 0 Å². The Labute approximate surface area is 220 Å². The van der Waals surface area contributed by atoms with E-state index < -0.39 is 12.9 Å². The van der Waals surface area contributed by atoms with Crippen LogP contribution in [0.1, 0.15) is 118 Å². The molecule has 1 saturated heterocycles. The van der Waals surface area contributed by atoms with Crippen molar-refractivity contribution in [3.05, 3.63) is 12.2 Å². The Bertz CT molecular complexity index is 566. The summed E-state index contributed by atoms with van der Waals surface area (Å²) in [5.74, 6) is 0.153. The van der Waals surface area contributed by atoms with E-state index in [1.807, 2.05) is 0 Å². The number of rotatable bonds is 20. The van der Waals surface area contributed by atoms with Gasteiger partial charge in [-0.3, -0.25) is 9.32 Å². The number of allylic oxidation sites excluding steroid dienone is 2. The minimum Gasteiger partial charge on any atom is -0.463 e. The third-order valence-electron chi connectivity index (χ3n) is 6.12. The lowest BCUT2D eigenvalue weighted by molar-refractivity contribution is -0.145. The Morgan fingerprint density at radius 3 is 1.89 bits per heavy atom. The molecule has 1 rings (SSSR count). The van der Waals surface area contributed by atoms with Crippen LogP contribution >= 0.6 is 18.2 Å². The van der Waals surface area contributed by atoms with Crippen molar-refractivity contribution in [1.29, 1.82) is 0 Å². The van der Waals surface area contributed by atoms with Gasteiger partial charge in [-0.2, -0.15) is 0 Å². The molecule has 1 aliphatic rings. The van der Waals surface area contributed by atoms with Crippen molar-refractivity contribution >= 4 is 24.1 Å². The fraction of sp³-hybridized carbons (Fsp3) is 0.889. The smallest absolute Gasteiger partial charge is 0.387 e. The molecule has 208 valence electrons. The van der Waals surface area contributed by atoms with E-state index in [0.717, 1.165) is 37.1 Å². The molecule has 8 heteroatoms. The van der Waals surface area contributed by atoms with E-state index in [1.54, 1.807) is 0 Å². The summed E-state index contributed by atoms with van der Waals surface area (Å²) in [6.45, 7) is 8.96. The molecule has 0 spiro atoms. The summed E-state index contributed by atoms with van der Waals surface area (Å²) in [7, 11) is 0.